The molecule has 138 valence electrons. The van der Waals surface area contributed by atoms with E-state index >= 15 is 0 Å². The molecule has 0 aromatic carbocycles. The van der Waals surface area contributed by atoms with E-state index in [4.69, 9.17) is 0 Å². The van der Waals surface area contributed by atoms with Crippen LogP contribution in [0.1, 0.15) is 41.5 Å². The predicted molar refractivity (Wildman–Crippen MR) is 107 cm³/mol. The third-order valence-electron chi connectivity index (χ3n) is 3.33. The van der Waals surface area contributed by atoms with Crippen LogP contribution in [-0.4, -0.2) is 28.5 Å². The third kappa shape index (κ3) is 7.34. The number of nitrogens with zero attached hydrogens (tertiary/aromatic N) is 2. The molecule has 8 heteroatoms. The Morgan fingerprint density at radius 1 is 0.708 bits per heavy atom. The van der Waals surface area contributed by atoms with E-state index in [0.717, 1.165) is 0 Å². The zero-order chi connectivity index (χ0) is 18.4. The van der Waals surface area contributed by atoms with Gasteiger partial charge in [0.2, 0.25) is 0 Å². The lowest BCUT2D eigenvalue weighted by Crippen LogP contribution is -2.28. The van der Waals surface area contributed by atoms with E-state index < -0.39 is 23.4 Å². The van der Waals surface area contributed by atoms with E-state index in [1.807, 2.05) is 41.5 Å². The maximum atomic E-state index is 12.6. The van der Waals surface area contributed by atoms with Gasteiger partial charge in [-0.3, -0.25) is 0 Å². The molecule has 0 amide bonds. The van der Waals surface area contributed by atoms with Crippen LogP contribution in [0.15, 0.2) is 6.07 Å². The molecule has 0 aliphatic heterocycles. The smallest absolute Gasteiger partial charge is 0.187 e. The van der Waals surface area contributed by atoms with Gasteiger partial charge in [-0.25, -0.2) is 9.97 Å². The highest BCUT2D eigenvalue weighted by atomic mass is 31.1. The lowest BCUT2D eigenvalue weighted by atomic mass is 10.3. The van der Waals surface area contributed by atoms with Gasteiger partial charge in [0.25, 0.3) is 0 Å². The van der Waals surface area contributed by atoms with Gasteiger partial charge >= 0.3 is 0 Å². The highest BCUT2D eigenvalue weighted by molar-refractivity contribution is 7.55. The topological polar surface area (TPSA) is 77.0 Å². The second-order valence-electron chi connectivity index (χ2n) is 7.53. The molecule has 5 nitrogen and oxygen atoms in total. The van der Waals surface area contributed by atoms with E-state index in [2.05, 4.69) is 9.97 Å². The van der Waals surface area contributed by atoms with Crippen molar-refractivity contribution < 1.29 is 13.7 Å². The summed E-state index contributed by atoms with van der Waals surface area (Å²) < 4.78 is 37.7. The molecular formula is C16H31N2O3P3. The summed E-state index contributed by atoms with van der Waals surface area (Å²) in [5.74, 6) is 0.852. The molecule has 24 heavy (non-hydrogen) atoms. The molecule has 1 rings (SSSR count). The number of hydrogen-bond acceptors (Lipinski definition) is 5. The fourth-order valence-electron chi connectivity index (χ4n) is 2.27. The first-order valence-electron chi connectivity index (χ1n) is 8.58. The van der Waals surface area contributed by atoms with Crippen molar-refractivity contribution in [2.24, 2.45) is 17.8 Å². The van der Waals surface area contributed by atoms with Crippen LogP contribution in [0.25, 0.3) is 0 Å². The summed E-state index contributed by atoms with van der Waals surface area (Å²) in [6.07, 6.45) is 1.62. The van der Waals surface area contributed by atoms with Gasteiger partial charge in [-0.2, -0.15) is 0 Å². The molecular weight excluding hydrogens is 361 g/mol. The van der Waals surface area contributed by atoms with Gasteiger partial charge < -0.3 is 13.7 Å². The average molecular weight is 392 g/mol. The summed E-state index contributed by atoms with van der Waals surface area (Å²) in [7, 11) is -6.31. The lowest BCUT2D eigenvalue weighted by molar-refractivity contribution is 0.584. The van der Waals surface area contributed by atoms with Crippen molar-refractivity contribution in [2.75, 3.05) is 18.5 Å². The Kier molecular flexibility index (Phi) is 9.13. The van der Waals surface area contributed by atoms with Gasteiger partial charge in [0.05, 0.1) is 0 Å². The molecule has 1 aromatic heterocycles. The number of rotatable bonds is 9. The van der Waals surface area contributed by atoms with E-state index in [-0.39, 0.29) is 11.5 Å². The summed E-state index contributed by atoms with van der Waals surface area (Å²) in [6, 6.07) is 1.63. The molecule has 0 N–H and O–H groups in total. The second kappa shape index (κ2) is 10.0. The fourth-order valence-corrected chi connectivity index (χ4v) is 7.01. The van der Waals surface area contributed by atoms with Gasteiger partial charge in [-0.05, 0) is 23.8 Å². The third-order valence-corrected chi connectivity index (χ3v) is 9.27. The van der Waals surface area contributed by atoms with E-state index in [1.54, 1.807) is 6.07 Å². The van der Waals surface area contributed by atoms with Crippen LogP contribution >= 0.6 is 23.4 Å². The zero-order valence-electron chi connectivity index (χ0n) is 15.5. The average Bonchev–Trinajstić information content (AvgIpc) is 2.44. The van der Waals surface area contributed by atoms with Crippen molar-refractivity contribution in [3.05, 3.63) is 6.07 Å². The minimum absolute atomic E-state index is 0.255. The van der Waals surface area contributed by atoms with Crippen LogP contribution in [-0.2, 0) is 13.7 Å². The summed E-state index contributed by atoms with van der Waals surface area (Å²) in [5, 5.41) is 0. The SMILES string of the molecule is CC(C)C[PH](=O)c1cc([PH](=O)CC(C)C)nc([PH](=O)CC(C)C)n1. The normalized spacial score (nSPS) is 15.9. The molecule has 0 spiro atoms. The van der Waals surface area contributed by atoms with Crippen LogP contribution < -0.4 is 16.4 Å². The lowest BCUT2D eigenvalue weighted by Gasteiger charge is -2.11. The first-order valence-corrected chi connectivity index (χ1v) is 13.4. The van der Waals surface area contributed by atoms with Crippen LogP contribution in [0.2, 0.25) is 0 Å². The molecule has 0 aliphatic rings. The molecule has 0 radical (unpaired) electrons. The molecule has 3 unspecified atom stereocenters. The minimum atomic E-state index is -2.15. The van der Waals surface area contributed by atoms with E-state index in [0.29, 0.717) is 41.2 Å². The highest BCUT2D eigenvalue weighted by Gasteiger charge is 2.19. The molecule has 0 saturated heterocycles. The Labute approximate surface area is 147 Å². The van der Waals surface area contributed by atoms with Crippen LogP contribution in [0.5, 0.6) is 0 Å². The van der Waals surface area contributed by atoms with E-state index in [1.165, 1.54) is 0 Å². The number of hydrogen-bond donors (Lipinski definition) is 0. The summed E-state index contributed by atoms with van der Waals surface area (Å²) in [4.78, 5) is 8.67. The van der Waals surface area contributed by atoms with Crippen molar-refractivity contribution in [2.45, 2.75) is 41.5 Å². The van der Waals surface area contributed by atoms with Gasteiger partial charge in [0.15, 0.2) is 5.57 Å². The van der Waals surface area contributed by atoms with Crippen LogP contribution in [0.3, 0.4) is 0 Å². The standard InChI is InChI=1S/C16H31N2O3P3/c1-11(2)8-22(19)14-7-15(23(20)9-12(3)4)18-16(17-14)24(21)10-13(5)6/h7,11-13,22-24H,8-10H2,1-6H3. The Bertz CT molecular complexity index is 533. The van der Waals surface area contributed by atoms with Gasteiger partial charge in [-0.15, -0.1) is 0 Å². The van der Waals surface area contributed by atoms with Crippen molar-refractivity contribution in [1.82, 2.24) is 9.97 Å². The first kappa shape index (κ1) is 21.8. The Hall–Kier alpha value is -0.230. The number of aromatic nitrogens is 2. The Balaban J connectivity index is 3.25. The fraction of sp³-hybridized carbons (Fsp3) is 0.750. The Morgan fingerprint density at radius 2 is 1.04 bits per heavy atom. The maximum Gasteiger partial charge on any atom is 0.187 e. The predicted octanol–water partition coefficient (Wildman–Crippen LogP) is 3.00. The second-order valence-corrected chi connectivity index (χ2v) is 12.8. The molecule has 1 aromatic rings. The molecule has 0 aliphatic carbocycles. The Morgan fingerprint density at radius 3 is 1.38 bits per heavy atom. The summed E-state index contributed by atoms with van der Waals surface area (Å²) in [5.41, 5.74) is 1.14. The van der Waals surface area contributed by atoms with Gasteiger partial charge in [0, 0.05) is 18.5 Å². The van der Waals surface area contributed by atoms with Crippen molar-refractivity contribution in [3.63, 3.8) is 0 Å². The van der Waals surface area contributed by atoms with Gasteiger partial charge in [-0.1, -0.05) is 41.5 Å². The zero-order valence-corrected chi connectivity index (χ0v) is 18.5. The molecule has 0 bridgehead atoms. The first-order chi connectivity index (χ1) is 11.1. The summed E-state index contributed by atoms with van der Waals surface area (Å²) >= 11 is 0. The minimum Gasteiger partial charge on any atom is -0.320 e. The van der Waals surface area contributed by atoms with Crippen molar-refractivity contribution >= 4 is 39.8 Å². The van der Waals surface area contributed by atoms with Crippen LogP contribution in [0.4, 0.5) is 0 Å². The molecule has 0 saturated carbocycles. The van der Waals surface area contributed by atoms with E-state index in [9.17, 15) is 13.7 Å². The van der Waals surface area contributed by atoms with Gasteiger partial charge in [0.1, 0.15) is 34.3 Å². The van der Waals surface area contributed by atoms with Crippen LogP contribution in [0, 0.1) is 17.8 Å². The van der Waals surface area contributed by atoms with Crippen molar-refractivity contribution in [3.8, 4) is 0 Å². The highest BCUT2D eigenvalue weighted by Crippen LogP contribution is 2.27. The largest absolute Gasteiger partial charge is 0.320 e. The molecule has 3 atom stereocenters. The summed E-state index contributed by atoms with van der Waals surface area (Å²) in [6.45, 7) is 12.0. The quantitative estimate of drug-likeness (QED) is 0.604. The molecule has 0 fully saturated rings. The monoisotopic (exact) mass is 392 g/mol. The maximum absolute atomic E-state index is 12.6. The molecule has 1 heterocycles. The van der Waals surface area contributed by atoms with Crippen molar-refractivity contribution in [1.29, 1.82) is 0 Å².